The van der Waals surface area contributed by atoms with Crippen LogP contribution in [0.4, 0.5) is 11.4 Å². The monoisotopic (exact) mass is 305 g/mol. The number of halogens is 1. The summed E-state index contributed by atoms with van der Waals surface area (Å²) >= 11 is 5.81. The molecule has 0 spiro atoms. The molecule has 0 bridgehead atoms. The Labute approximate surface area is 127 Å². The molecule has 3 N–H and O–H groups in total. The van der Waals surface area contributed by atoms with E-state index in [9.17, 15) is 9.59 Å². The summed E-state index contributed by atoms with van der Waals surface area (Å²) < 4.78 is 1.50. The van der Waals surface area contributed by atoms with Crippen LogP contribution >= 0.6 is 11.6 Å². The van der Waals surface area contributed by atoms with Gasteiger partial charge in [0.1, 0.15) is 0 Å². The van der Waals surface area contributed by atoms with Crippen LogP contribution in [0.2, 0.25) is 5.02 Å². The minimum absolute atomic E-state index is 0.112. The molecule has 110 valence electrons. The SMILES string of the molecule is Cc1ccn(CCC(=O)Nc2ccc(Cl)c(N)c2)c(=O)c1. The van der Waals surface area contributed by atoms with E-state index in [4.69, 9.17) is 17.3 Å². The molecule has 6 heteroatoms. The minimum atomic E-state index is -0.191. The van der Waals surface area contributed by atoms with Crippen LogP contribution in [0.15, 0.2) is 41.3 Å². The van der Waals surface area contributed by atoms with Crippen molar-refractivity contribution in [2.75, 3.05) is 11.1 Å². The average molecular weight is 306 g/mol. The highest BCUT2D eigenvalue weighted by Gasteiger charge is 2.05. The number of hydrogen-bond acceptors (Lipinski definition) is 3. The number of aromatic nitrogens is 1. The fourth-order valence-corrected chi connectivity index (χ4v) is 1.98. The summed E-state index contributed by atoms with van der Waals surface area (Å²) in [6.07, 6.45) is 1.89. The number of hydrogen-bond donors (Lipinski definition) is 2. The Morgan fingerprint density at radius 2 is 2.10 bits per heavy atom. The number of amides is 1. The molecular weight excluding hydrogens is 290 g/mol. The van der Waals surface area contributed by atoms with E-state index in [1.54, 1.807) is 24.4 Å². The van der Waals surface area contributed by atoms with E-state index in [0.29, 0.717) is 22.9 Å². The summed E-state index contributed by atoms with van der Waals surface area (Å²) in [4.78, 5) is 23.6. The third-order valence-corrected chi connectivity index (χ3v) is 3.36. The van der Waals surface area contributed by atoms with E-state index >= 15 is 0 Å². The van der Waals surface area contributed by atoms with Crippen LogP contribution in [0.1, 0.15) is 12.0 Å². The quantitative estimate of drug-likeness (QED) is 0.852. The first-order valence-electron chi connectivity index (χ1n) is 6.47. The van der Waals surface area contributed by atoms with Crippen LogP contribution in [0.3, 0.4) is 0 Å². The van der Waals surface area contributed by atoms with Crippen molar-refractivity contribution >= 4 is 28.9 Å². The number of aryl methyl sites for hydroxylation is 2. The highest BCUT2D eigenvalue weighted by atomic mass is 35.5. The zero-order valence-electron chi connectivity index (χ0n) is 11.6. The smallest absolute Gasteiger partial charge is 0.250 e. The molecule has 1 heterocycles. The molecule has 21 heavy (non-hydrogen) atoms. The van der Waals surface area contributed by atoms with E-state index in [1.807, 2.05) is 13.0 Å². The number of anilines is 2. The number of nitrogens with zero attached hydrogens (tertiary/aromatic N) is 1. The first-order chi connectivity index (χ1) is 9.95. The fraction of sp³-hybridized carbons (Fsp3) is 0.200. The summed E-state index contributed by atoms with van der Waals surface area (Å²) in [7, 11) is 0. The summed E-state index contributed by atoms with van der Waals surface area (Å²) in [5.41, 5.74) is 7.44. The molecule has 0 aliphatic heterocycles. The zero-order valence-corrected chi connectivity index (χ0v) is 12.4. The average Bonchev–Trinajstić information content (AvgIpc) is 2.42. The lowest BCUT2D eigenvalue weighted by molar-refractivity contribution is -0.116. The van der Waals surface area contributed by atoms with Gasteiger partial charge in [-0.2, -0.15) is 0 Å². The molecule has 0 saturated carbocycles. The van der Waals surface area contributed by atoms with Crippen molar-refractivity contribution in [3.63, 3.8) is 0 Å². The third kappa shape index (κ3) is 4.10. The maximum Gasteiger partial charge on any atom is 0.250 e. The van der Waals surface area contributed by atoms with Gasteiger partial charge < -0.3 is 15.6 Å². The van der Waals surface area contributed by atoms with Gasteiger partial charge in [-0.3, -0.25) is 9.59 Å². The molecule has 0 aliphatic rings. The molecule has 0 atom stereocenters. The fourth-order valence-electron chi connectivity index (χ4n) is 1.86. The second-order valence-electron chi connectivity index (χ2n) is 4.77. The number of carbonyl (C=O) groups excluding carboxylic acids is 1. The normalized spacial score (nSPS) is 10.4. The Balaban J connectivity index is 1.95. The van der Waals surface area contributed by atoms with Gasteiger partial charge in [0.15, 0.2) is 0 Å². The van der Waals surface area contributed by atoms with Crippen LogP contribution < -0.4 is 16.6 Å². The number of benzene rings is 1. The second-order valence-corrected chi connectivity index (χ2v) is 5.18. The Bertz CT molecular complexity index is 725. The highest BCUT2D eigenvalue weighted by Crippen LogP contribution is 2.22. The van der Waals surface area contributed by atoms with Crippen LogP contribution in [-0.2, 0) is 11.3 Å². The van der Waals surface area contributed by atoms with Gasteiger partial charge in [-0.25, -0.2) is 0 Å². The van der Waals surface area contributed by atoms with Gasteiger partial charge in [0.25, 0.3) is 5.56 Å². The summed E-state index contributed by atoms with van der Waals surface area (Å²) in [5, 5.41) is 3.16. The number of carbonyl (C=O) groups is 1. The molecule has 2 aromatic rings. The second kappa shape index (κ2) is 6.45. The number of rotatable bonds is 4. The molecule has 1 amide bonds. The molecule has 2 rings (SSSR count). The molecule has 0 aliphatic carbocycles. The Morgan fingerprint density at radius 1 is 1.33 bits per heavy atom. The molecule has 0 fully saturated rings. The molecule has 0 unspecified atom stereocenters. The van der Waals surface area contributed by atoms with Crippen molar-refractivity contribution in [2.45, 2.75) is 19.9 Å². The maximum absolute atomic E-state index is 11.9. The van der Waals surface area contributed by atoms with Crippen molar-refractivity contribution in [3.8, 4) is 0 Å². The van der Waals surface area contributed by atoms with Gasteiger partial charge in [0.2, 0.25) is 5.91 Å². The van der Waals surface area contributed by atoms with E-state index in [0.717, 1.165) is 5.56 Å². The summed E-state index contributed by atoms with van der Waals surface area (Å²) in [6, 6.07) is 8.26. The summed E-state index contributed by atoms with van der Waals surface area (Å²) in [6.45, 7) is 2.18. The highest BCUT2D eigenvalue weighted by molar-refractivity contribution is 6.33. The van der Waals surface area contributed by atoms with Crippen molar-refractivity contribution in [2.24, 2.45) is 0 Å². The lowest BCUT2D eigenvalue weighted by Gasteiger charge is -2.08. The zero-order chi connectivity index (χ0) is 15.4. The summed E-state index contributed by atoms with van der Waals surface area (Å²) in [5.74, 6) is -0.191. The molecular formula is C15H16ClN3O2. The number of pyridine rings is 1. The van der Waals surface area contributed by atoms with Gasteiger partial charge in [-0.15, -0.1) is 0 Å². The lowest BCUT2D eigenvalue weighted by atomic mass is 10.2. The number of nitrogen functional groups attached to an aromatic ring is 1. The van der Waals surface area contributed by atoms with Crippen LogP contribution in [0.5, 0.6) is 0 Å². The van der Waals surface area contributed by atoms with Gasteiger partial charge >= 0.3 is 0 Å². The molecule has 5 nitrogen and oxygen atoms in total. The van der Waals surface area contributed by atoms with E-state index in [2.05, 4.69) is 5.32 Å². The standard InChI is InChI=1S/C15H16ClN3O2/c1-10-4-6-19(15(21)8-10)7-5-14(20)18-11-2-3-12(16)13(17)9-11/h2-4,6,8-9H,5,7,17H2,1H3,(H,18,20). The van der Waals surface area contributed by atoms with Crippen LogP contribution in [-0.4, -0.2) is 10.5 Å². The van der Waals surface area contributed by atoms with E-state index in [-0.39, 0.29) is 17.9 Å². The van der Waals surface area contributed by atoms with Gasteiger partial charge in [-0.1, -0.05) is 11.6 Å². The van der Waals surface area contributed by atoms with Crippen molar-refractivity contribution in [1.82, 2.24) is 4.57 Å². The van der Waals surface area contributed by atoms with Crippen LogP contribution in [0, 0.1) is 6.92 Å². The third-order valence-electron chi connectivity index (χ3n) is 3.01. The minimum Gasteiger partial charge on any atom is -0.397 e. The molecule has 1 aromatic heterocycles. The predicted octanol–water partition coefficient (Wildman–Crippen LogP) is 2.42. The maximum atomic E-state index is 11.9. The van der Waals surface area contributed by atoms with Crippen molar-refractivity contribution in [1.29, 1.82) is 0 Å². The Hall–Kier alpha value is -2.27. The lowest BCUT2D eigenvalue weighted by Crippen LogP contribution is -2.22. The predicted molar refractivity (Wildman–Crippen MR) is 84.6 cm³/mol. The Kier molecular flexibility index (Phi) is 4.65. The Morgan fingerprint density at radius 3 is 2.76 bits per heavy atom. The first kappa shape index (κ1) is 15.1. The first-order valence-corrected chi connectivity index (χ1v) is 6.85. The largest absolute Gasteiger partial charge is 0.397 e. The molecule has 0 saturated heterocycles. The number of nitrogens with one attached hydrogen (secondary N) is 1. The van der Waals surface area contributed by atoms with Crippen molar-refractivity contribution in [3.05, 3.63) is 57.5 Å². The van der Waals surface area contributed by atoms with E-state index < -0.39 is 0 Å². The van der Waals surface area contributed by atoms with Crippen molar-refractivity contribution < 1.29 is 4.79 Å². The van der Waals surface area contributed by atoms with Crippen LogP contribution in [0.25, 0.3) is 0 Å². The van der Waals surface area contributed by atoms with Gasteiger partial charge in [-0.05, 0) is 36.8 Å². The topological polar surface area (TPSA) is 77.1 Å². The van der Waals surface area contributed by atoms with Gasteiger partial charge in [0, 0.05) is 30.9 Å². The molecule has 0 radical (unpaired) electrons. The number of nitrogens with two attached hydrogens (primary N) is 1. The molecule has 1 aromatic carbocycles. The van der Waals surface area contributed by atoms with E-state index in [1.165, 1.54) is 10.6 Å². The van der Waals surface area contributed by atoms with Gasteiger partial charge in [0.05, 0.1) is 10.7 Å².